The van der Waals surface area contributed by atoms with Crippen molar-refractivity contribution < 1.29 is 14.7 Å². The molecule has 0 spiro atoms. The van der Waals surface area contributed by atoms with Crippen molar-refractivity contribution in [2.75, 3.05) is 0 Å². The summed E-state index contributed by atoms with van der Waals surface area (Å²) in [5.41, 5.74) is 0.122. The van der Waals surface area contributed by atoms with Gasteiger partial charge in [0.1, 0.15) is 0 Å². The number of aliphatic carboxylic acids is 1. The molecule has 0 aromatic carbocycles. The van der Waals surface area contributed by atoms with Gasteiger partial charge >= 0.3 is 5.97 Å². The fourth-order valence-corrected chi connectivity index (χ4v) is 2.21. The minimum absolute atomic E-state index is 0.0470. The summed E-state index contributed by atoms with van der Waals surface area (Å²) >= 11 is 0. The highest BCUT2D eigenvalue weighted by atomic mass is 16.4. The molecule has 4 heteroatoms. The van der Waals surface area contributed by atoms with Gasteiger partial charge in [0.05, 0.1) is 5.92 Å². The number of amides is 1. The molecule has 0 radical (unpaired) electrons. The first-order chi connectivity index (χ1) is 8.20. The molecule has 18 heavy (non-hydrogen) atoms. The van der Waals surface area contributed by atoms with E-state index in [-0.39, 0.29) is 23.3 Å². The van der Waals surface area contributed by atoms with E-state index in [4.69, 9.17) is 5.11 Å². The minimum Gasteiger partial charge on any atom is -0.481 e. The molecule has 0 heterocycles. The zero-order valence-electron chi connectivity index (χ0n) is 11.8. The Hall–Kier alpha value is -1.06. The van der Waals surface area contributed by atoms with E-state index >= 15 is 0 Å². The maximum atomic E-state index is 11.9. The molecule has 104 valence electrons. The van der Waals surface area contributed by atoms with E-state index < -0.39 is 5.97 Å². The van der Waals surface area contributed by atoms with Crippen LogP contribution in [0.1, 0.15) is 53.4 Å². The molecular weight excluding hydrogens is 230 g/mol. The van der Waals surface area contributed by atoms with Crippen LogP contribution < -0.4 is 5.32 Å². The second-order valence-corrected chi connectivity index (χ2v) is 6.58. The van der Waals surface area contributed by atoms with E-state index in [2.05, 4.69) is 33.0 Å². The molecule has 1 rings (SSSR count). The molecule has 1 unspecified atom stereocenters. The third-order valence-electron chi connectivity index (χ3n) is 4.12. The molecule has 0 saturated heterocycles. The average Bonchev–Trinajstić information content (AvgIpc) is 2.64. The maximum absolute atomic E-state index is 11.9. The molecule has 0 aromatic rings. The molecule has 0 aliphatic heterocycles. The Balaban J connectivity index is 2.36. The maximum Gasteiger partial charge on any atom is 0.306 e. The van der Waals surface area contributed by atoms with Crippen LogP contribution >= 0.6 is 0 Å². The van der Waals surface area contributed by atoms with Gasteiger partial charge in [-0.15, -0.1) is 0 Å². The van der Waals surface area contributed by atoms with Crippen LogP contribution in [-0.4, -0.2) is 23.0 Å². The Morgan fingerprint density at radius 2 is 1.94 bits per heavy atom. The predicted molar refractivity (Wildman–Crippen MR) is 70.1 cm³/mol. The van der Waals surface area contributed by atoms with Crippen LogP contribution in [0.15, 0.2) is 0 Å². The lowest BCUT2D eigenvalue weighted by molar-refractivity contribution is -0.141. The molecule has 2 N–H and O–H groups in total. The first kappa shape index (κ1) is 15.0. The largest absolute Gasteiger partial charge is 0.481 e. The van der Waals surface area contributed by atoms with Crippen LogP contribution in [0.3, 0.4) is 0 Å². The van der Waals surface area contributed by atoms with Crippen molar-refractivity contribution in [2.24, 2.45) is 17.3 Å². The van der Waals surface area contributed by atoms with Crippen molar-refractivity contribution in [1.29, 1.82) is 0 Å². The summed E-state index contributed by atoms with van der Waals surface area (Å²) in [6, 6.07) is 0.0470. The average molecular weight is 255 g/mol. The SMILES string of the molecule is CC(CC(=O)N[C@H]1CC[C@@H](C(=O)O)C1)C(C)(C)C. The van der Waals surface area contributed by atoms with Gasteiger partial charge in [0.15, 0.2) is 0 Å². The Morgan fingerprint density at radius 1 is 1.33 bits per heavy atom. The van der Waals surface area contributed by atoms with Crippen molar-refractivity contribution in [3.63, 3.8) is 0 Å². The predicted octanol–water partition coefficient (Wildman–Crippen LogP) is 2.43. The van der Waals surface area contributed by atoms with Gasteiger partial charge in [0.2, 0.25) is 5.91 Å². The topological polar surface area (TPSA) is 66.4 Å². The normalized spacial score (nSPS) is 25.8. The lowest BCUT2D eigenvalue weighted by Crippen LogP contribution is -2.35. The molecule has 1 fully saturated rings. The van der Waals surface area contributed by atoms with Crippen molar-refractivity contribution in [3.05, 3.63) is 0 Å². The summed E-state index contributed by atoms with van der Waals surface area (Å²) < 4.78 is 0. The number of carbonyl (C=O) groups excluding carboxylic acids is 1. The van der Waals surface area contributed by atoms with Crippen LogP contribution in [0, 0.1) is 17.3 Å². The van der Waals surface area contributed by atoms with Gasteiger partial charge in [-0.05, 0) is 30.6 Å². The van der Waals surface area contributed by atoms with Crippen LogP contribution in [0.5, 0.6) is 0 Å². The van der Waals surface area contributed by atoms with E-state index in [0.717, 1.165) is 6.42 Å². The first-order valence-electron chi connectivity index (χ1n) is 6.72. The van der Waals surface area contributed by atoms with Crippen molar-refractivity contribution in [1.82, 2.24) is 5.32 Å². The summed E-state index contributed by atoms with van der Waals surface area (Å²) in [4.78, 5) is 22.7. The minimum atomic E-state index is -0.741. The third-order valence-corrected chi connectivity index (χ3v) is 4.12. The molecular formula is C14H25NO3. The number of hydrogen-bond donors (Lipinski definition) is 2. The number of carboxylic acid groups (broad SMARTS) is 1. The van der Waals surface area contributed by atoms with Crippen LogP contribution in [0.2, 0.25) is 0 Å². The van der Waals surface area contributed by atoms with E-state index in [1.807, 2.05) is 0 Å². The van der Waals surface area contributed by atoms with Gasteiger partial charge in [0.25, 0.3) is 0 Å². The van der Waals surface area contributed by atoms with Crippen molar-refractivity contribution in [3.8, 4) is 0 Å². The summed E-state index contributed by atoms with van der Waals surface area (Å²) in [7, 11) is 0. The molecule has 1 saturated carbocycles. The summed E-state index contributed by atoms with van der Waals surface area (Å²) in [6.07, 6.45) is 2.55. The van der Waals surface area contributed by atoms with Crippen molar-refractivity contribution >= 4 is 11.9 Å². The van der Waals surface area contributed by atoms with E-state index in [0.29, 0.717) is 25.2 Å². The monoisotopic (exact) mass is 255 g/mol. The van der Waals surface area contributed by atoms with Gasteiger partial charge in [-0.2, -0.15) is 0 Å². The quantitative estimate of drug-likeness (QED) is 0.810. The third kappa shape index (κ3) is 4.31. The molecule has 4 nitrogen and oxygen atoms in total. The number of hydrogen-bond acceptors (Lipinski definition) is 2. The molecule has 1 aliphatic rings. The lowest BCUT2D eigenvalue weighted by atomic mass is 9.80. The zero-order valence-corrected chi connectivity index (χ0v) is 11.8. The van der Waals surface area contributed by atoms with Gasteiger partial charge in [-0.25, -0.2) is 0 Å². The lowest BCUT2D eigenvalue weighted by Gasteiger charge is -2.27. The molecule has 0 bridgehead atoms. The van der Waals surface area contributed by atoms with Gasteiger partial charge in [-0.1, -0.05) is 27.7 Å². The number of rotatable bonds is 4. The molecule has 3 atom stereocenters. The Bertz CT molecular complexity index is 319. The number of carboxylic acids is 1. The number of nitrogens with one attached hydrogen (secondary N) is 1. The van der Waals surface area contributed by atoms with Crippen LogP contribution in [0.25, 0.3) is 0 Å². The van der Waals surface area contributed by atoms with Gasteiger partial charge in [0, 0.05) is 12.5 Å². The van der Waals surface area contributed by atoms with Gasteiger partial charge < -0.3 is 10.4 Å². The highest BCUT2D eigenvalue weighted by Crippen LogP contribution is 2.29. The zero-order chi connectivity index (χ0) is 13.9. The standard InChI is InChI=1S/C14H25NO3/c1-9(14(2,3)4)7-12(16)15-11-6-5-10(8-11)13(17)18/h9-11H,5-8H2,1-4H3,(H,15,16)(H,17,18)/t9?,10-,11+/m1/s1. The van der Waals surface area contributed by atoms with Crippen LogP contribution in [0.4, 0.5) is 0 Å². The smallest absolute Gasteiger partial charge is 0.306 e. The Labute approximate surface area is 109 Å². The summed E-state index contributed by atoms with van der Waals surface area (Å²) in [5.74, 6) is -0.659. The fourth-order valence-electron chi connectivity index (χ4n) is 2.21. The van der Waals surface area contributed by atoms with E-state index in [9.17, 15) is 9.59 Å². The molecule has 1 amide bonds. The van der Waals surface area contributed by atoms with E-state index in [1.165, 1.54) is 0 Å². The Kier molecular flexibility index (Phi) is 4.77. The second kappa shape index (κ2) is 5.72. The fraction of sp³-hybridized carbons (Fsp3) is 0.857. The molecule has 1 aliphatic carbocycles. The highest BCUT2D eigenvalue weighted by molar-refractivity contribution is 5.77. The molecule has 0 aromatic heterocycles. The Morgan fingerprint density at radius 3 is 2.39 bits per heavy atom. The first-order valence-corrected chi connectivity index (χ1v) is 6.72. The second-order valence-electron chi connectivity index (χ2n) is 6.58. The summed E-state index contributed by atoms with van der Waals surface area (Å²) in [6.45, 7) is 8.46. The van der Waals surface area contributed by atoms with Crippen LogP contribution in [-0.2, 0) is 9.59 Å². The van der Waals surface area contributed by atoms with Gasteiger partial charge in [-0.3, -0.25) is 9.59 Å². The number of carbonyl (C=O) groups is 2. The van der Waals surface area contributed by atoms with Crippen molar-refractivity contribution in [2.45, 2.75) is 59.4 Å². The highest BCUT2D eigenvalue weighted by Gasteiger charge is 2.31. The van der Waals surface area contributed by atoms with E-state index in [1.54, 1.807) is 0 Å². The summed E-state index contributed by atoms with van der Waals surface area (Å²) in [5, 5.41) is 11.9.